The normalized spacial score (nSPS) is 11.2. The van der Waals surface area contributed by atoms with Crippen LogP contribution in [0.3, 0.4) is 0 Å². The van der Waals surface area contributed by atoms with Crippen LogP contribution in [0.2, 0.25) is 0 Å². The van der Waals surface area contributed by atoms with Gasteiger partial charge in [-0.3, -0.25) is 0 Å². The Bertz CT molecular complexity index is 414. The maximum Gasteiger partial charge on any atom is 0.174 e. The van der Waals surface area contributed by atoms with Crippen LogP contribution in [0.1, 0.15) is 12.5 Å². The van der Waals surface area contributed by atoms with Crippen LogP contribution < -0.4 is 10.1 Å². The van der Waals surface area contributed by atoms with Gasteiger partial charge in [0.1, 0.15) is 11.8 Å². The molecule has 1 aromatic carbocycles. The SMILES string of the molecule is CC(C#N)CNCc1ccc(OCC#N)cc1. The minimum Gasteiger partial charge on any atom is -0.479 e. The number of hydrogen-bond acceptors (Lipinski definition) is 4. The lowest BCUT2D eigenvalue weighted by Crippen LogP contribution is -2.19. The van der Waals surface area contributed by atoms with Gasteiger partial charge in [0.25, 0.3) is 0 Å². The van der Waals surface area contributed by atoms with Gasteiger partial charge >= 0.3 is 0 Å². The van der Waals surface area contributed by atoms with Gasteiger partial charge in [-0.25, -0.2) is 0 Å². The van der Waals surface area contributed by atoms with Crippen molar-refractivity contribution in [3.8, 4) is 17.9 Å². The summed E-state index contributed by atoms with van der Waals surface area (Å²) in [5, 5.41) is 20.2. The summed E-state index contributed by atoms with van der Waals surface area (Å²) in [6.07, 6.45) is 0. The second kappa shape index (κ2) is 7.27. The molecule has 0 bridgehead atoms. The molecule has 1 rings (SSSR count). The summed E-state index contributed by atoms with van der Waals surface area (Å²) >= 11 is 0. The molecule has 17 heavy (non-hydrogen) atoms. The Morgan fingerprint density at radius 3 is 2.59 bits per heavy atom. The molecule has 0 aromatic heterocycles. The van der Waals surface area contributed by atoms with E-state index in [0.29, 0.717) is 12.3 Å². The Kier molecular flexibility index (Phi) is 5.57. The van der Waals surface area contributed by atoms with Crippen molar-refractivity contribution < 1.29 is 4.74 Å². The topological polar surface area (TPSA) is 68.8 Å². The molecule has 1 atom stereocenters. The maximum absolute atomic E-state index is 8.62. The van der Waals surface area contributed by atoms with E-state index in [1.165, 1.54) is 0 Å². The van der Waals surface area contributed by atoms with Crippen molar-refractivity contribution in [2.75, 3.05) is 13.2 Å². The zero-order valence-corrected chi connectivity index (χ0v) is 9.81. The van der Waals surface area contributed by atoms with Crippen LogP contribution in [0, 0.1) is 28.6 Å². The van der Waals surface area contributed by atoms with Gasteiger partial charge < -0.3 is 10.1 Å². The first-order valence-electron chi connectivity index (χ1n) is 5.45. The molecule has 4 heteroatoms. The molecule has 0 radical (unpaired) electrons. The third kappa shape index (κ3) is 5.01. The fraction of sp³-hybridized carbons (Fsp3) is 0.385. The van der Waals surface area contributed by atoms with Crippen LogP contribution in [-0.4, -0.2) is 13.2 Å². The van der Waals surface area contributed by atoms with Crippen LogP contribution >= 0.6 is 0 Å². The molecule has 0 heterocycles. The van der Waals surface area contributed by atoms with Gasteiger partial charge in [0, 0.05) is 13.1 Å². The van der Waals surface area contributed by atoms with Gasteiger partial charge in [-0.05, 0) is 24.6 Å². The average Bonchev–Trinajstić information content (AvgIpc) is 2.37. The lowest BCUT2D eigenvalue weighted by Gasteiger charge is -2.07. The van der Waals surface area contributed by atoms with E-state index in [2.05, 4.69) is 11.4 Å². The van der Waals surface area contributed by atoms with Crippen molar-refractivity contribution in [1.82, 2.24) is 5.32 Å². The van der Waals surface area contributed by atoms with Gasteiger partial charge in [-0.15, -0.1) is 0 Å². The van der Waals surface area contributed by atoms with Gasteiger partial charge in [0.15, 0.2) is 6.61 Å². The van der Waals surface area contributed by atoms with Crippen LogP contribution in [0.4, 0.5) is 0 Å². The smallest absolute Gasteiger partial charge is 0.174 e. The average molecular weight is 229 g/mol. The molecule has 4 nitrogen and oxygen atoms in total. The number of hydrogen-bond donors (Lipinski definition) is 1. The molecule has 1 N–H and O–H groups in total. The summed E-state index contributed by atoms with van der Waals surface area (Å²) in [4.78, 5) is 0. The van der Waals surface area contributed by atoms with Crippen LogP contribution in [0.15, 0.2) is 24.3 Å². The molecule has 0 aliphatic heterocycles. The van der Waals surface area contributed by atoms with E-state index in [1.54, 1.807) is 0 Å². The lowest BCUT2D eigenvalue weighted by molar-refractivity contribution is 0.368. The second-order valence-corrected chi connectivity index (χ2v) is 3.75. The quantitative estimate of drug-likeness (QED) is 0.808. The Morgan fingerprint density at radius 2 is 2.00 bits per heavy atom. The summed E-state index contributed by atoms with van der Waals surface area (Å²) in [6, 6.07) is 11.6. The van der Waals surface area contributed by atoms with E-state index in [9.17, 15) is 0 Å². The molecule has 0 amide bonds. The van der Waals surface area contributed by atoms with E-state index in [4.69, 9.17) is 15.3 Å². The largest absolute Gasteiger partial charge is 0.479 e. The van der Waals surface area contributed by atoms with Gasteiger partial charge in [0.05, 0.1) is 12.0 Å². The molecule has 0 spiro atoms. The third-order valence-corrected chi connectivity index (χ3v) is 2.23. The number of nitrogens with zero attached hydrogens (tertiary/aromatic N) is 2. The monoisotopic (exact) mass is 229 g/mol. The summed E-state index contributed by atoms with van der Waals surface area (Å²) in [5.74, 6) is 0.717. The minimum atomic E-state index is 0.0215. The Morgan fingerprint density at radius 1 is 1.29 bits per heavy atom. The molecule has 0 aliphatic carbocycles. The third-order valence-electron chi connectivity index (χ3n) is 2.23. The van der Waals surface area contributed by atoms with E-state index < -0.39 is 0 Å². The van der Waals surface area contributed by atoms with Crippen molar-refractivity contribution >= 4 is 0 Å². The van der Waals surface area contributed by atoms with Crippen LogP contribution in [0.25, 0.3) is 0 Å². The molecule has 0 fully saturated rings. The van der Waals surface area contributed by atoms with Gasteiger partial charge in [0.2, 0.25) is 0 Å². The second-order valence-electron chi connectivity index (χ2n) is 3.75. The van der Waals surface area contributed by atoms with E-state index in [0.717, 1.165) is 12.1 Å². The Balaban J connectivity index is 2.36. The number of nitrogens with one attached hydrogen (secondary N) is 1. The first kappa shape index (κ1) is 13.0. The fourth-order valence-corrected chi connectivity index (χ4v) is 1.30. The Hall–Kier alpha value is -2.04. The lowest BCUT2D eigenvalue weighted by atomic mass is 10.2. The van der Waals surface area contributed by atoms with Crippen LogP contribution in [0.5, 0.6) is 5.75 Å². The number of nitriles is 2. The number of ether oxygens (including phenoxy) is 1. The molecular formula is C13H15N3O. The summed E-state index contributed by atoms with van der Waals surface area (Å²) in [6.45, 7) is 3.36. The summed E-state index contributed by atoms with van der Waals surface area (Å²) in [5.41, 5.74) is 1.12. The molecule has 0 saturated carbocycles. The Labute approximate surface area is 101 Å². The van der Waals surface area contributed by atoms with E-state index in [-0.39, 0.29) is 12.5 Å². The first-order chi connectivity index (χ1) is 8.26. The molecule has 0 saturated heterocycles. The maximum atomic E-state index is 8.62. The highest BCUT2D eigenvalue weighted by Crippen LogP contribution is 2.11. The summed E-state index contributed by atoms with van der Waals surface area (Å²) in [7, 11) is 0. The molecule has 1 aromatic rings. The first-order valence-corrected chi connectivity index (χ1v) is 5.45. The van der Waals surface area contributed by atoms with E-state index >= 15 is 0 Å². The highest BCUT2D eigenvalue weighted by molar-refractivity contribution is 5.27. The van der Waals surface area contributed by atoms with Gasteiger partial charge in [-0.2, -0.15) is 10.5 Å². The predicted molar refractivity (Wildman–Crippen MR) is 64.0 cm³/mol. The molecule has 1 unspecified atom stereocenters. The fourth-order valence-electron chi connectivity index (χ4n) is 1.30. The zero-order valence-electron chi connectivity index (χ0n) is 9.81. The molecular weight excluding hydrogens is 214 g/mol. The number of benzene rings is 1. The van der Waals surface area contributed by atoms with Crippen molar-refractivity contribution in [3.05, 3.63) is 29.8 Å². The molecule has 0 aliphatic rings. The van der Waals surface area contributed by atoms with Crippen molar-refractivity contribution in [2.24, 2.45) is 5.92 Å². The van der Waals surface area contributed by atoms with Crippen molar-refractivity contribution in [3.63, 3.8) is 0 Å². The predicted octanol–water partition coefficient (Wildman–Crippen LogP) is 1.84. The van der Waals surface area contributed by atoms with Crippen molar-refractivity contribution in [1.29, 1.82) is 10.5 Å². The highest BCUT2D eigenvalue weighted by Gasteiger charge is 1.99. The number of rotatable bonds is 6. The van der Waals surface area contributed by atoms with E-state index in [1.807, 2.05) is 37.3 Å². The van der Waals surface area contributed by atoms with Crippen LogP contribution in [-0.2, 0) is 6.54 Å². The standard InChI is InChI=1S/C13H15N3O/c1-11(8-15)9-16-10-12-2-4-13(5-3-12)17-7-6-14/h2-5,11,16H,7,9-10H2,1H3. The summed E-state index contributed by atoms with van der Waals surface area (Å²) < 4.78 is 5.15. The zero-order chi connectivity index (χ0) is 12.5. The molecule has 88 valence electrons. The van der Waals surface area contributed by atoms with Gasteiger partial charge in [-0.1, -0.05) is 12.1 Å². The highest BCUT2D eigenvalue weighted by atomic mass is 16.5. The minimum absolute atomic E-state index is 0.0215. The van der Waals surface area contributed by atoms with Crippen molar-refractivity contribution in [2.45, 2.75) is 13.5 Å².